The molecule has 20 heavy (non-hydrogen) atoms. The smallest absolute Gasteiger partial charge is 0.337 e. The predicted octanol–water partition coefficient (Wildman–Crippen LogP) is 3.92. The lowest BCUT2D eigenvalue weighted by atomic mass is 10.1. The van der Waals surface area contributed by atoms with Gasteiger partial charge in [0.1, 0.15) is 0 Å². The van der Waals surface area contributed by atoms with Gasteiger partial charge in [0, 0.05) is 10.9 Å². The third-order valence-corrected chi connectivity index (χ3v) is 4.51. The van der Waals surface area contributed by atoms with Gasteiger partial charge in [-0.1, -0.05) is 18.2 Å². The van der Waals surface area contributed by atoms with E-state index in [1.165, 1.54) is 4.88 Å². The fraction of sp³-hybridized carbons (Fsp3) is 0.312. The van der Waals surface area contributed by atoms with Gasteiger partial charge in [0.15, 0.2) is 0 Å². The summed E-state index contributed by atoms with van der Waals surface area (Å²) in [5.74, 6) is -0.847. The molecule has 4 heteroatoms. The Morgan fingerprint density at radius 3 is 2.75 bits per heavy atom. The van der Waals surface area contributed by atoms with Crippen LogP contribution in [-0.2, 0) is 6.54 Å². The lowest BCUT2D eigenvalue weighted by Crippen LogP contribution is -2.27. The Hall–Kier alpha value is -1.81. The van der Waals surface area contributed by atoms with Crippen LogP contribution in [0.3, 0.4) is 0 Å². The van der Waals surface area contributed by atoms with Gasteiger partial charge in [0.25, 0.3) is 0 Å². The molecular formula is C16H17NO2S. The van der Waals surface area contributed by atoms with Crippen molar-refractivity contribution < 1.29 is 9.90 Å². The Morgan fingerprint density at radius 2 is 2.15 bits per heavy atom. The number of aromatic carboxylic acids is 1. The molecule has 1 heterocycles. The zero-order valence-electron chi connectivity index (χ0n) is 11.4. The number of nitrogens with zero attached hydrogens (tertiary/aromatic N) is 1. The summed E-state index contributed by atoms with van der Waals surface area (Å²) in [6.45, 7) is 2.79. The maximum Gasteiger partial charge on any atom is 0.337 e. The maximum absolute atomic E-state index is 11.5. The van der Waals surface area contributed by atoms with Crippen LogP contribution >= 0.6 is 11.3 Å². The van der Waals surface area contributed by atoms with Crippen molar-refractivity contribution >= 4 is 23.0 Å². The van der Waals surface area contributed by atoms with Crippen LogP contribution in [0.4, 0.5) is 5.69 Å². The molecule has 3 nitrogen and oxygen atoms in total. The van der Waals surface area contributed by atoms with Crippen LogP contribution in [0.2, 0.25) is 0 Å². The van der Waals surface area contributed by atoms with Gasteiger partial charge in [0.2, 0.25) is 0 Å². The number of carboxylic acids is 1. The minimum absolute atomic E-state index is 0.411. The number of thiophene rings is 1. The highest BCUT2D eigenvalue weighted by Crippen LogP contribution is 2.37. The van der Waals surface area contributed by atoms with E-state index in [-0.39, 0.29) is 0 Å². The predicted molar refractivity (Wildman–Crippen MR) is 81.7 cm³/mol. The van der Waals surface area contributed by atoms with Crippen molar-refractivity contribution in [2.75, 3.05) is 4.90 Å². The van der Waals surface area contributed by atoms with E-state index < -0.39 is 5.97 Å². The average Bonchev–Trinajstić information content (AvgIpc) is 3.13. The third-order valence-electron chi connectivity index (χ3n) is 3.65. The van der Waals surface area contributed by atoms with E-state index in [1.807, 2.05) is 25.1 Å². The number of anilines is 1. The van der Waals surface area contributed by atoms with Gasteiger partial charge in [-0.05, 0) is 42.8 Å². The number of hydrogen-bond donors (Lipinski definition) is 1. The quantitative estimate of drug-likeness (QED) is 0.906. The summed E-state index contributed by atoms with van der Waals surface area (Å²) < 4.78 is 0. The zero-order chi connectivity index (χ0) is 14.1. The van der Waals surface area contributed by atoms with Gasteiger partial charge < -0.3 is 10.0 Å². The van der Waals surface area contributed by atoms with Gasteiger partial charge in [-0.15, -0.1) is 11.3 Å². The summed E-state index contributed by atoms with van der Waals surface area (Å²) in [6.07, 6.45) is 2.30. The number of carbonyl (C=O) groups is 1. The highest BCUT2D eigenvalue weighted by atomic mass is 32.1. The molecule has 0 aliphatic heterocycles. The Bertz CT molecular complexity index is 617. The van der Waals surface area contributed by atoms with Crippen LogP contribution < -0.4 is 4.90 Å². The summed E-state index contributed by atoms with van der Waals surface area (Å²) >= 11 is 1.72. The Kier molecular flexibility index (Phi) is 3.49. The normalized spacial score (nSPS) is 14.2. The largest absolute Gasteiger partial charge is 0.478 e. The molecule has 0 bridgehead atoms. The molecule has 0 unspecified atom stereocenters. The molecule has 0 amide bonds. The number of para-hydroxylation sites is 1. The Balaban J connectivity index is 2.01. The first kappa shape index (κ1) is 13.2. The number of rotatable bonds is 5. The van der Waals surface area contributed by atoms with Crippen molar-refractivity contribution in [3.05, 3.63) is 51.7 Å². The molecule has 2 aromatic rings. The topological polar surface area (TPSA) is 40.5 Å². The molecule has 0 radical (unpaired) electrons. The molecule has 1 aliphatic carbocycles. The molecule has 1 aromatic heterocycles. The van der Waals surface area contributed by atoms with E-state index in [4.69, 9.17) is 0 Å². The van der Waals surface area contributed by atoms with Gasteiger partial charge in [-0.25, -0.2) is 4.79 Å². The summed E-state index contributed by atoms with van der Waals surface area (Å²) in [4.78, 5) is 15.0. The SMILES string of the molecule is Cc1cccc(C(=O)O)c1N(Cc1cccs1)C1CC1. The van der Waals surface area contributed by atoms with Gasteiger partial charge in [-0.3, -0.25) is 0 Å². The second-order valence-corrected chi connectivity index (χ2v) is 6.25. The van der Waals surface area contributed by atoms with Crippen molar-refractivity contribution in [3.8, 4) is 0 Å². The van der Waals surface area contributed by atoms with Crippen LogP contribution in [0.1, 0.15) is 33.6 Å². The first-order chi connectivity index (χ1) is 9.66. The van der Waals surface area contributed by atoms with Crippen molar-refractivity contribution in [2.45, 2.75) is 32.4 Å². The second-order valence-electron chi connectivity index (χ2n) is 5.21. The summed E-state index contributed by atoms with van der Waals surface area (Å²) in [5.41, 5.74) is 2.33. The average molecular weight is 287 g/mol. The van der Waals surface area contributed by atoms with Crippen molar-refractivity contribution in [1.82, 2.24) is 0 Å². The standard InChI is InChI=1S/C16H17NO2S/c1-11-4-2-6-14(16(18)19)15(11)17(12-7-8-12)10-13-5-3-9-20-13/h2-6,9,12H,7-8,10H2,1H3,(H,18,19). The van der Waals surface area contributed by atoms with Crippen LogP contribution in [-0.4, -0.2) is 17.1 Å². The van der Waals surface area contributed by atoms with Gasteiger partial charge in [0.05, 0.1) is 17.8 Å². The zero-order valence-corrected chi connectivity index (χ0v) is 12.2. The molecule has 1 N–H and O–H groups in total. The first-order valence-corrected chi connectivity index (χ1v) is 7.66. The lowest BCUT2D eigenvalue weighted by Gasteiger charge is -2.27. The molecular weight excluding hydrogens is 270 g/mol. The Morgan fingerprint density at radius 1 is 1.35 bits per heavy atom. The molecule has 104 valence electrons. The van der Waals surface area contributed by atoms with E-state index in [9.17, 15) is 9.90 Å². The van der Waals surface area contributed by atoms with Gasteiger partial charge in [-0.2, -0.15) is 0 Å². The third kappa shape index (κ3) is 2.56. The van der Waals surface area contributed by atoms with E-state index in [2.05, 4.69) is 16.3 Å². The summed E-state index contributed by atoms with van der Waals surface area (Å²) in [6, 6.07) is 10.1. The molecule has 0 saturated heterocycles. The molecule has 1 aliphatic rings. The minimum Gasteiger partial charge on any atom is -0.478 e. The van der Waals surface area contributed by atoms with Crippen molar-refractivity contribution in [3.63, 3.8) is 0 Å². The van der Waals surface area contributed by atoms with E-state index in [1.54, 1.807) is 17.4 Å². The van der Waals surface area contributed by atoms with Crippen LogP contribution in [0.25, 0.3) is 0 Å². The van der Waals surface area contributed by atoms with Crippen molar-refractivity contribution in [2.24, 2.45) is 0 Å². The molecule has 3 rings (SSSR count). The van der Waals surface area contributed by atoms with E-state index in [0.29, 0.717) is 11.6 Å². The van der Waals surface area contributed by atoms with Crippen molar-refractivity contribution in [1.29, 1.82) is 0 Å². The molecule has 1 aromatic carbocycles. The highest BCUT2D eigenvalue weighted by Gasteiger charge is 2.32. The number of aryl methyl sites for hydroxylation is 1. The number of carboxylic acid groups (broad SMARTS) is 1. The fourth-order valence-electron chi connectivity index (χ4n) is 2.56. The molecule has 1 fully saturated rings. The summed E-state index contributed by atoms with van der Waals surface area (Å²) in [7, 11) is 0. The second kappa shape index (κ2) is 5.29. The molecule has 0 spiro atoms. The monoisotopic (exact) mass is 287 g/mol. The van der Waals surface area contributed by atoms with E-state index >= 15 is 0 Å². The van der Waals surface area contributed by atoms with Crippen LogP contribution in [0.5, 0.6) is 0 Å². The Labute approximate surface area is 122 Å². The minimum atomic E-state index is -0.847. The fourth-order valence-corrected chi connectivity index (χ4v) is 3.26. The molecule has 1 saturated carbocycles. The first-order valence-electron chi connectivity index (χ1n) is 6.78. The maximum atomic E-state index is 11.5. The van der Waals surface area contributed by atoms with Crippen LogP contribution in [0.15, 0.2) is 35.7 Å². The molecule has 0 atom stereocenters. The number of hydrogen-bond acceptors (Lipinski definition) is 3. The van der Waals surface area contributed by atoms with E-state index in [0.717, 1.165) is 30.6 Å². The van der Waals surface area contributed by atoms with Gasteiger partial charge >= 0.3 is 5.97 Å². The number of benzene rings is 1. The highest BCUT2D eigenvalue weighted by molar-refractivity contribution is 7.09. The summed E-state index contributed by atoms with van der Waals surface area (Å²) in [5, 5.41) is 11.5. The lowest BCUT2D eigenvalue weighted by molar-refractivity contribution is 0.0697. The van der Waals surface area contributed by atoms with Crippen LogP contribution in [0, 0.1) is 6.92 Å².